The average Bonchev–Trinajstić information content (AvgIpc) is 3.01. The highest BCUT2D eigenvalue weighted by atomic mass is 32.2. The van der Waals surface area contributed by atoms with Gasteiger partial charge in [0, 0.05) is 12.6 Å². The highest BCUT2D eigenvalue weighted by molar-refractivity contribution is 7.91. The smallest absolute Gasteiger partial charge is 0.338 e. The predicted octanol–water partition coefficient (Wildman–Crippen LogP) is 2.15. The number of likely N-dealkylation sites (N-methyl/N-ethyl adjacent to an activating group) is 1. The first kappa shape index (κ1) is 19.9. The number of ether oxygens (including phenoxy) is 1. The SMILES string of the molecule is CCN(C(=O)[C@H](C)OC(=O)c1ccc2c(c1)CCCC2)[C@@H]1CCS(=O)(=O)C1. The molecule has 0 saturated carbocycles. The molecule has 2 atom stereocenters. The molecule has 0 radical (unpaired) electrons. The minimum Gasteiger partial charge on any atom is -0.449 e. The number of rotatable bonds is 5. The number of aryl methyl sites for hydroxylation is 2. The van der Waals surface area contributed by atoms with E-state index in [0.717, 1.165) is 19.3 Å². The summed E-state index contributed by atoms with van der Waals surface area (Å²) in [5.74, 6) is -0.770. The van der Waals surface area contributed by atoms with Crippen LogP contribution in [0.2, 0.25) is 0 Å². The van der Waals surface area contributed by atoms with Gasteiger partial charge >= 0.3 is 5.97 Å². The third kappa shape index (κ3) is 4.51. The number of hydrogen-bond acceptors (Lipinski definition) is 5. The molecule has 0 N–H and O–H groups in total. The van der Waals surface area contributed by atoms with E-state index >= 15 is 0 Å². The third-order valence-electron chi connectivity index (χ3n) is 5.49. The van der Waals surface area contributed by atoms with Crippen LogP contribution in [0.3, 0.4) is 0 Å². The van der Waals surface area contributed by atoms with Crippen LogP contribution in [0.4, 0.5) is 0 Å². The number of amides is 1. The molecule has 0 unspecified atom stereocenters. The zero-order chi connectivity index (χ0) is 19.6. The highest BCUT2D eigenvalue weighted by Crippen LogP contribution is 2.23. The molecule has 6 nitrogen and oxygen atoms in total. The maximum Gasteiger partial charge on any atom is 0.338 e. The third-order valence-corrected chi connectivity index (χ3v) is 7.24. The van der Waals surface area contributed by atoms with Gasteiger partial charge in [0.2, 0.25) is 0 Å². The molecule has 1 heterocycles. The molecule has 7 heteroatoms. The van der Waals surface area contributed by atoms with Crippen LogP contribution in [0.25, 0.3) is 0 Å². The van der Waals surface area contributed by atoms with Crippen molar-refractivity contribution in [3.8, 4) is 0 Å². The van der Waals surface area contributed by atoms with Crippen LogP contribution >= 0.6 is 0 Å². The van der Waals surface area contributed by atoms with Gasteiger partial charge in [-0.15, -0.1) is 0 Å². The molecule has 1 aliphatic heterocycles. The normalized spacial score (nSPS) is 21.9. The van der Waals surface area contributed by atoms with Gasteiger partial charge in [-0.05, 0) is 69.2 Å². The van der Waals surface area contributed by atoms with E-state index in [1.54, 1.807) is 19.9 Å². The lowest BCUT2D eigenvalue weighted by atomic mass is 9.90. The Labute approximate surface area is 160 Å². The lowest BCUT2D eigenvalue weighted by molar-refractivity contribution is -0.141. The molecule has 1 saturated heterocycles. The van der Waals surface area contributed by atoms with Crippen molar-refractivity contribution in [2.45, 2.75) is 58.1 Å². The molecule has 3 rings (SSSR count). The molecule has 2 aliphatic rings. The molecule has 1 fully saturated rings. The zero-order valence-electron chi connectivity index (χ0n) is 15.9. The minimum absolute atomic E-state index is 0.0158. The van der Waals surface area contributed by atoms with Crippen molar-refractivity contribution < 1.29 is 22.7 Å². The number of carbonyl (C=O) groups excluding carboxylic acids is 2. The fourth-order valence-electron chi connectivity index (χ4n) is 3.99. The van der Waals surface area contributed by atoms with Crippen molar-refractivity contribution in [2.75, 3.05) is 18.1 Å². The standard InChI is InChI=1S/C20H27NO5S/c1-3-21(18-10-11-27(24,25)13-18)19(22)14(2)26-20(23)17-9-8-15-6-4-5-7-16(15)12-17/h8-9,12,14,18H,3-7,10-11,13H2,1-2H3/t14-,18+/m0/s1. The van der Waals surface area contributed by atoms with Crippen LogP contribution < -0.4 is 0 Å². The number of hydrogen-bond donors (Lipinski definition) is 0. The van der Waals surface area contributed by atoms with Crippen LogP contribution in [-0.4, -0.2) is 55.4 Å². The van der Waals surface area contributed by atoms with Gasteiger partial charge in [-0.1, -0.05) is 6.07 Å². The van der Waals surface area contributed by atoms with Crippen molar-refractivity contribution >= 4 is 21.7 Å². The summed E-state index contributed by atoms with van der Waals surface area (Å²) in [6.45, 7) is 3.74. The van der Waals surface area contributed by atoms with E-state index in [4.69, 9.17) is 4.74 Å². The Morgan fingerprint density at radius 3 is 2.56 bits per heavy atom. The fraction of sp³-hybridized carbons (Fsp3) is 0.600. The molecule has 1 amide bonds. The quantitative estimate of drug-likeness (QED) is 0.716. The Balaban J connectivity index is 1.65. The van der Waals surface area contributed by atoms with Gasteiger partial charge < -0.3 is 9.64 Å². The van der Waals surface area contributed by atoms with Gasteiger partial charge in [0.05, 0.1) is 17.1 Å². The predicted molar refractivity (Wildman–Crippen MR) is 102 cm³/mol. The highest BCUT2D eigenvalue weighted by Gasteiger charge is 2.36. The van der Waals surface area contributed by atoms with Crippen molar-refractivity contribution in [3.05, 3.63) is 34.9 Å². The number of benzene rings is 1. The van der Waals surface area contributed by atoms with Gasteiger partial charge in [-0.2, -0.15) is 0 Å². The van der Waals surface area contributed by atoms with E-state index in [1.165, 1.54) is 22.4 Å². The van der Waals surface area contributed by atoms with Crippen LogP contribution in [0.1, 0.15) is 54.6 Å². The molecule has 1 aliphatic carbocycles. The first-order valence-electron chi connectivity index (χ1n) is 9.64. The van der Waals surface area contributed by atoms with Gasteiger partial charge in [0.15, 0.2) is 15.9 Å². The van der Waals surface area contributed by atoms with Gasteiger partial charge in [0.25, 0.3) is 5.91 Å². The molecular weight excluding hydrogens is 366 g/mol. The van der Waals surface area contributed by atoms with Gasteiger partial charge in [0.1, 0.15) is 0 Å². The maximum absolute atomic E-state index is 12.7. The summed E-state index contributed by atoms with van der Waals surface area (Å²) in [6.07, 6.45) is 3.78. The van der Waals surface area contributed by atoms with Gasteiger partial charge in [-0.3, -0.25) is 4.79 Å². The lowest BCUT2D eigenvalue weighted by Crippen LogP contribution is -2.46. The lowest BCUT2D eigenvalue weighted by Gasteiger charge is -2.29. The molecular formula is C20H27NO5S. The van der Waals surface area contributed by atoms with E-state index in [-0.39, 0.29) is 23.5 Å². The largest absolute Gasteiger partial charge is 0.449 e. The topological polar surface area (TPSA) is 80.8 Å². The summed E-state index contributed by atoms with van der Waals surface area (Å²) in [7, 11) is -3.09. The fourth-order valence-corrected chi connectivity index (χ4v) is 5.72. The molecule has 0 aromatic heterocycles. The Kier molecular flexibility index (Phi) is 5.89. The first-order valence-corrected chi connectivity index (χ1v) is 11.5. The second kappa shape index (κ2) is 8.00. The van der Waals surface area contributed by atoms with Gasteiger partial charge in [-0.25, -0.2) is 13.2 Å². The summed E-state index contributed by atoms with van der Waals surface area (Å²) >= 11 is 0. The monoisotopic (exact) mass is 393 g/mol. The summed E-state index contributed by atoms with van der Waals surface area (Å²) in [5.41, 5.74) is 2.92. The van der Waals surface area contributed by atoms with Crippen molar-refractivity contribution in [3.63, 3.8) is 0 Å². The molecule has 27 heavy (non-hydrogen) atoms. The number of sulfone groups is 1. The van der Waals surface area contributed by atoms with Crippen LogP contribution in [0, 0.1) is 0 Å². The average molecular weight is 394 g/mol. The van der Waals surface area contributed by atoms with Crippen molar-refractivity contribution in [2.24, 2.45) is 0 Å². The summed E-state index contributed by atoms with van der Waals surface area (Å²) in [5, 5.41) is 0. The van der Waals surface area contributed by atoms with Crippen LogP contribution in [0.5, 0.6) is 0 Å². The van der Waals surface area contributed by atoms with E-state index in [9.17, 15) is 18.0 Å². The summed E-state index contributed by atoms with van der Waals surface area (Å²) in [4.78, 5) is 26.7. The Hall–Kier alpha value is -1.89. The second-order valence-electron chi connectivity index (χ2n) is 7.42. The summed E-state index contributed by atoms with van der Waals surface area (Å²) in [6, 6.07) is 5.26. The molecule has 1 aromatic rings. The zero-order valence-corrected chi connectivity index (χ0v) is 16.8. The van der Waals surface area contributed by atoms with E-state index < -0.39 is 21.9 Å². The second-order valence-corrected chi connectivity index (χ2v) is 9.65. The number of esters is 1. The number of carbonyl (C=O) groups is 2. The Bertz CT molecular complexity index is 833. The minimum atomic E-state index is -3.09. The summed E-state index contributed by atoms with van der Waals surface area (Å²) < 4.78 is 28.8. The van der Waals surface area contributed by atoms with E-state index in [1.807, 2.05) is 12.1 Å². The molecule has 148 valence electrons. The van der Waals surface area contributed by atoms with Crippen LogP contribution in [0.15, 0.2) is 18.2 Å². The van der Waals surface area contributed by atoms with Crippen LogP contribution in [-0.2, 0) is 32.2 Å². The first-order chi connectivity index (χ1) is 12.8. The number of nitrogens with zero attached hydrogens (tertiary/aromatic N) is 1. The van der Waals surface area contributed by atoms with Crippen molar-refractivity contribution in [1.29, 1.82) is 0 Å². The van der Waals surface area contributed by atoms with E-state index in [2.05, 4.69) is 0 Å². The van der Waals surface area contributed by atoms with Crippen molar-refractivity contribution in [1.82, 2.24) is 4.90 Å². The maximum atomic E-state index is 12.7. The molecule has 0 spiro atoms. The number of fused-ring (bicyclic) bond motifs is 1. The molecule has 0 bridgehead atoms. The molecule has 1 aromatic carbocycles. The van der Waals surface area contributed by atoms with E-state index in [0.29, 0.717) is 18.5 Å². The Morgan fingerprint density at radius 2 is 1.93 bits per heavy atom. The Morgan fingerprint density at radius 1 is 1.22 bits per heavy atom.